The molecule has 182 valence electrons. The molecule has 0 aromatic heterocycles. The van der Waals surface area contributed by atoms with E-state index in [0.29, 0.717) is 5.41 Å². The summed E-state index contributed by atoms with van der Waals surface area (Å²) in [7, 11) is 0. The van der Waals surface area contributed by atoms with E-state index in [9.17, 15) is 0 Å². The maximum absolute atomic E-state index is 4.10. The molecule has 0 amide bonds. The van der Waals surface area contributed by atoms with Crippen molar-refractivity contribution in [1.29, 1.82) is 0 Å². The summed E-state index contributed by atoms with van der Waals surface area (Å²) in [6, 6.07) is 21.6. The van der Waals surface area contributed by atoms with Gasteiger partial charge in [0.2, 0.25) is 0 Å². The predicted molar refractivity (Wildman–Crippen MR) is 146 cm³/mol. The Balaban J connectivity index is 1.21. The van der Waals surface area contributed by atoms with Gasteiger partial charge >= 0.3 is 0 Å². The van der Waals surface area contributed by atoms with E-state index in [1.807, 2.05) is 0 Å². The van der Waals surface area contributed by atoms with Crippen LogP contribution in [0.4, 0.5) is 0 Å². The summed E-state index contributed by atoms with van der Waals surface area (Å²) in [6.07, 6.45) is 15.7. The molecule has 10 rings (SSSR count). The molecule has 0 saturated heterocycles. The van der Waals surface area contributed by atoms with Gasteiger partial charge in [-0.25, -0.2) is 0 Å². The van der Waals surface area contributed by atoms with Crippen LogP contribution in [-0.4, -0.2) is 0 Å². The van der Waals surface area contributed by atoms with Gasteiger partial charge in [0.05, 0.1) is 0 Å². The first-order valence-corrected chi connectivity index (χ1v) is 14.8. The van der Waals surface area contributed by atoms with E-state index < -0.39 is 0 Å². The lowest BCUT2D eigenvalue weighted by atomic mass is 9.33. The average Bonchev–Trinajstić information content (AvgIpc) is 2.86. The van der Waals surface area contributed by atoms with Crippen LogP contribution in [0.5, 0.6) is 0 Å². The lowest BCUT2D eigenvalue weighted by Gasteiger charge is -2.70. The third-order valence-corrected chi connectivity index (χ3v) is 11.6. The highest BCUT2D eigenvalue weighted by atomic mass is 14.7. The van der Waals surface area contributed by atoms with E-state index in [0.717, 1.165) is 35.5 Å². The first-order valence-electron chi connectivity index (χ1n) is 14.8. The lowest BCUT2D eigenvalue weighted by Crippen LogP contribution is -2.63. The molecule has 0 heteroatoms. The quantitative estimate of drug-likeness (QED) is 0.369. The second-order valence-corrected chi connectivity index (χ2v) is 14.1. The topological polar surface area (TPSA) is 0 Å². The van der Waals surface area contributed by atoms with Gasteiger partial charge < -0.3 is 0 Å². The summed E-state index contributed by atoms with van der Waals surface area (Å²) >= 11 is 0. The zero-order valence-corrected chi connectivity index (χ0v) is 21.5. The Morgan fingerprint density at radius 3 is 1.72 bits per heavy atom. The normalized spacial score (nSPS) is 45.0. The minimum absolute atomic E-state index is 0.253. The van der Waals surface area contributed by atoms with E-state index in [4.69, 9.17) is 0 Å². The van der Waals surface area contributed by atoms with Crippen molar-refractivity contribution >= 4 is 0 Å². The van der Waals surface area contributed by atoms with Crippen LogP contribution in [-0.2, 0) is 0 Å². The van der Waals surface area contributed by atoms with Crippen LogP contribution in [0.15, 0.2) is 60.7 Å². The molecule has 2 aromatic rings. The Labute approximate surface area is 217 Å². The van der Waals surface area contributed by atoms with Crippen molar-refractivity contribution in [2.24, 2.45) is 51.8 Å². The van der Waals surface area contributed by atoms with Crippen LogP contribution in [0.3, 0.4) is 0 Å². The van der Waals surface area contributed by atoms with E-state index in [1.165, 1.54) is 81.8 Å². The molecule has 8 aliphatic rings. The summed E-state index contributed by atoms with van der Waals surface area (Å²) < 4.78 is 0. The fraction of sp³-hybridized carbons (Fsp3) is 0.556. The smallest absolute Gasteiger partial charge is 0.0359 e. The molecule has 5 unspecified atom stereocenters. The number of benzene rings is 2. The van der Waals surface area contributed by atoms with Gasteiger partial charge in [-0.2, -0.15) is 0 Å². The number of rotatable bonds is 1. The van der Waals surface area contributed by atoms with Gasteiger partial charge in [-0.3, -0.25) is 0 Å². The fourth-order valence-corrected chi connectivity index (χ4v) is 11.6. The Bertz CT molecular complexity index is 1250. The van der Waals surface area contributed by atoms with Crippen LogP contribution < -0.4 is 0 Å². The Kier molecular flexibility index (Phi) is 4.67. The van der Waals surface area contributed by atoms with E-state index in [-0.39, 0.29) is 10.8 Å². The summed E-state index contributed by atoms with van der Waals surface area (Å²) in [4.78, 5) is 0. The van der Waals surface area contributed by atoms with Crippen molar-refractivity contribution in [1.82, 2.24) is 0 Å². The minimum Gasteiger partial charge on any atom is -0.0910 e. The molecular weight excluding hydrogens is 432 g/mol. The highest BCUT2D eigenvalue weighted by Gasteiger charge is 2.67. The molecule has 36 heavy (non-hydrogen) atoms. The molecule has 5 atom stereocenters. The Morgan fingerprint density at radius 1 is 0.556 bits per heavy atom. The van der Waals surface area contributed by atoms with E-state index in [1.54, 1.807) is 0 Å². The van der Waals surface area contributed by atoms with Crippen LogP contribution in [0.25, 0.3) is 0 Å². The fourth-order valence-electron chi connectivity index (χ4n) is 11.6. The van der Waals surface area contributed by atoms with Crippen molar-refractivity contribution in [2.45, 2.75) is 70.6 Å². The van der Waals surface area contributed by atoms with Crippen LogP contribution in [0.1, 0.15) is 81.8 Å². The molecule has 0 N–H and O–H groups in total. The molecule has 0 nitrogen and oxygen atoms in total. The van der Waals surface area contributed by atoms with Crippen molar-refractivity contribution in [3.05, 3.63) is 71.8 Å². The minimum atomic E-state index is 0.253. The molecule has 8 saturated carbocycles. The van der Waals surface area contributed by atoms with E-state index >= 15 is 0 Å². The highest BCUT2D eigenvalue weighted by Crippen LogP contribution is 2.75. The third-order valence-electron chi connectivity index (χ3n) is 11.6. The second kappa shape index (κ2) is 7.78. The Hall–Kier alpha value is -2.44. The molecule has 8 fully saturated rings. The largest absolute Gasteiger partial charge is 0.0910 e. The zero-order valence-electron chi connectivity index (χ0n) is 21.5. The molecule has 0 radical (unpaired) electrons. The monoisotopic (exact) mass is 470 g/mol. The number of hydrogen-bond donors (Lipinski definition) is 0. The first kappa shape index (κ1) is 21.6. The molecule has 8 bridgehead atoms. The van der Waals surface area contributed by atoms with Crippen molar-refractivity contribution in [2.75, 3.05) is 0 Å². The molecule has 8 aliphatic carbocycles. The van der Waals surface area contributed by atoms with Crippen LogP contribution in [0.2, 0.25) is 0 Å². The van der Waals surface area contributed by atoms with Crippen LogP contribution in [0, 0.1) is 75.4 Å². The maximum atomic E-state index is 4.10. The molecule has 0 spiro atoms. The number of hydrogen-bond acceptors (Lipinski definition) is 0. The van der Waals surface area contributed by atoms with Gasteiger partial charge in [-0.15, -0.1) is 0 Å². The summed E-state index contributed by atoms with van der Waals surface area (Å²) in [5, 5.41) is 0. The Morgan fingerprint density at radius 2 is 1.11 bits per heavy atom. The van der Waals surface area contributed by atoms with Gasteiger partial charge in [0.25, 0.3) is 0 Å². The van der Waals surface area contributed by atoms with Gasteiger partial charge in [-0.05, 0) is 136 Å². The molecule has 0 heterocycles. The van der Waals surface area contributed by atoms with Gasteiger partial charge in [0.1, 0.15) is 0 Å². The molecule has 0 aliphatic heterocycles. The van der Waals surface area contributed by atoms with E-state index in [2.05, 4.69) is 84.3 Å². The predicted octanol–water partition coefficient (Wildman–Crippen LogP) is 8.12. The molecular formula is C36H38. The summed E-state index contributed by atoms with van der Waals surface area (Å²) in [5.41, 5.74) is 3.40. The van der Waals surface area contributed by atoms with Crippen LogP contribution >= 0.6 is 0 Å². The highest BCUT2D eigenvalue weighted by molar-refractivity contribution is 5.39. The summed E-state index contributed by atoms with van der Waals surface area (Å²) in [6.45, 7) is 0. The zero-order chi connectivity index (χ0) is 23.8. The molecule has 2 aromatic carbocycles. The summed E-state index contributed by atoms with van der Waals surface area (Å²) in [5.74, 6) is 20.9. The van der Waals surface area contributed by atoms with Gasteiger partial charge in [0, 0.05) is 22.0 Å². The van der Waals surface area contributed by atoms with Crippen molar-refractivity contribution in [3.63, 3.8) is 0 Å². The van der Waals surface area contributed by atoms with Gasteiger partial charge in [0.15, 0.2) is 0 Å². The SMILES string of the molecule is C(#CC12CC3CC(C1)CC(C1C4CC5CC(C4)CC1(C#Cc1ccccc1)C5)(C3)C2)c1ccccc1. The average molecular weight is 471 g/mol. The lowest BCUT2D eigenvalue weighted by molar-refractivity contribution is -0.198. The standard InChI is InChI=1S/C36H38/c1-3-7-26(8-4-1)11-13-34-19-30-16-31(20-34)24-36(23-30,25-34)33-32-17-28-15-29(18-32)22-35(33,21-28)14-12-27-9-5-2-6-10-27/h1-10,28-33H,15-25H2. The maximum Gasteiger partial charge on any atom is 0.0359 e. The second-order valence-electron chi connectivity index (χ2n) is 14.1. The third kappa shape index (κ3) is 3.37. The van der Waals surface area contributed by atoms with Gasteiger partial charge in [-0.1, -0.05) is 60.1 Å². The van der Waals surface area contributed by atoms with Crippen molar-refractivity contribution < 1.29 is 0 Å². The first-order chi connectivity index (χ1) is 17.6. The van der Waals surface area contributed by atoms with Crippen molar-refractivity contribution in [3.8, 4) is 23.7 Å².